The minimum atomic E-state index is -0.170. The molecule has 0 bridgehead atoms. The molecule has 3 nitrogen and oxygen atoms in total. The van der Waals surface area contributed by atoms with E-state index in [2.05, 4.69) is 18.9 Å². The summed E-state index contributed by atoms with van der Waals surface area (Å²) >= 11 is 13.8. The highest BCUT2D eigenvalue weighted by Crippen LogP contribution is 2.29. The number of hydrogen-bond acceptors (Lipinski definition) is 3. The van der Waals surface area contributed by atoms with Crippen molar-refractivity contribution in [2.24, 2.45) is 5.73 Å². The Bertz CT molecular complexity index is 584. The van der Waals surface area contributed by atoms with Gasteiger partial charge >= 0.3 is 0 Å². The number of halogens is 2. The van der Waals surface area contributed by atoms with E-state index in [1.165, 1.54) is 0 Å². The summed E-state index contributed by atoms with van der Waals surface area (Å²) in [5, 5.41) is 5.63. The molecule has 2 rings (SSSR count). The molecule has 1 atom stereocenters. The van der Waals surface area contributed by atoms with Crippen LogP contribution >= 0.6 is 35.0 Å². The number of nitrogens with zero attached hydrogens (tertiary/aromatic N) is 2. The van der Waals surface area contributed by atoms with Gasteiger partial charge in [-0.2, -0.15) is 5.10 Å². The molecule has 0 amide bonds. The van der Waals surface area contributed by atoms with E-state index in [1.807, 2.05) is 28.9 Å². The number of aromatic nitrogens is 2. The second kappa shape index (κ2) is 6.85. The maximum Gasteiger partial charge on any atom is 0.0834 e. The molecule has 20 heavy (non-hydrogen) atoms. The van der Waals surface area contributed by atoms with Crippen LogP contribution in [0.1, 0.15) is 31.6 Å². The van der Waals surface area contributed by atoms with Crippen molar-refractivity contribution in [2.75, 3.05) is 5.75 Å². The maximum atomic E-state index is 6.27. The minimum Gasteiger partial charge on any atom is -0.322 e. The van der Waals surface area contributed by atoms with Gasteiger partial charge in [0.2, 0.25) is 0 Å². The summed E-state index contributed by atoms with van der Waals surface area (Å²) in [6.07, 6.45) is 1.65. The first-order valence-electron chi connectivity index (χ1n) is 6.36. The van der Waals surface area contributed by atoms with Crippen LogP contribution in [0, 0.1) is 0 Å². The van der Waals surface area contributed by atoms with Gasteiger partial charge < -0.3 is 5.73 Å². The van der Waals surface area contributed by atoms with Crippen LogP contribution in [0.2, 0.25) is 10.0 Å². The maximum absolute atomic E-state index is 6.27. The molecule has 0 aliphatic carbocycles. The monoisotopic (exact) mass is 329 g/mol. The highest BCUT2D eigenvalue weighted by molar-refractivity contribution is 7.99. The van der Waals surface area contributed by atoms with Gasteiger partial charge in [0, 0.05) is 21.7 Å². The Balaban J connectivity index is 2.09. The number of nitrogens with two attached hydrogens (primary N) is 1. The smallest absolute Gasteiger partial charge is 0.0834 e. The molecule has 1 aromatic carbocycles. The number of thioether (sulfide) groups is 1. The first-order valence-corrected chi connectivity index (χ1v) is 8.10. The lowest BCUT2D eigenvalue weighted by Crippen LogP contribution is -2.20. The van der Waals surface area contributed by atoms with Crippen LogP contribution < -0.4 is 5.73 Å². The molecule has 1 aromatic heterocycles. The van der Waals surface area contributed by atoms with E-state index in [9.17, 15) is 0 Å². The van der Waals surface area contributed by atoms with Crippen molar-refractivity contribution in [1.29, 1.82) is 0 Å². The fourth-order valence-corrected chi connectivity index (χ4v) is 3.37. The van der Waals surface area contributed by atoms with Crippen LogP contribution in [0.4, 0.5) is 0 Å². The zero-order chi connectivity index (χ0) is 14.7. The molecule has 0 aliphatic rings. The van der Waals surface area contributed by atoms with Crippen LogP contribution in [-0.2, 0) is 0 Å². The molecule has 6 heteroatoms. The Morgan fingerprint density at radius 3 is 2.75 bits per heavy atom. The number of benzene rings is 1. The summed E-state index contributed by atoms with van der Waals surface area (Å²) in [5.41, 5.74) is 7.15. The molecule has 108 valence electrons. The predicted octanol–water partition coefficient (Wildman–Crippen LogP) is 4.56. The molecule has 0 fully saturated rings. The van der Waals surface area contributed by atoms with E-state index in [0.717, 1.165) is 21.4 Å². The Morgan fingerprint density at radius 1 is 1.35 bits per heavy atom. The molecular weight excluding hydrogens is 313 g/mol. The number of hydrogen-bond donors (Lipinski definition) is 1. The summed E-state index contributed by atoms with van der Waals surface area (Å²) in [7, 11) is 0. The standard InChI is InChI=1S/C14H17Cl2N3S/c1-9(2)19-14(12(16)7-18-19)13(17)8-20-11-5-3-4-10(15)6-11/h3-7,9,13H,8,17H2,1-2H3. The van der Waals surface area contributed by atoms with Gasteiger partial charge in [-0.15, -0.1) is 11.8 Å². The van der Waals surface area contributed by atoms with Crippen molar-refractivity contribution in [3.8, 4) is 0 Å². The van der Waals surface area contributed by atoms with Crippen LogP contribution in [-0.4, -0.2) is 15.5 Å². The third-order valence-corrected chi connectivity index (χ3v) is 4.49. The van der Waals surface area contributed by atoms with Crippen molar-refractivity contribution in [1.82, 2.24) is 9.78 Å². The molecule has 1 heterocycles. The van der Waals surface area contributed by atoms with Gasteiger partial charge in [0.1, 0.15) is 0 Å². The van der Waals surface area contributed by atoms with Crippen LogP contribution in [0.15, 0.2) is 35.4 Å². The average molecular weight is 330 g/mol. The van der Waals surface area contributed by atoms with Crippen molar-refractivity contribution >= 4 is 35.0 Å². The van der Waals surface area contributed by atoms with E-state index in [-0.39, 0.29) is 12.1 Å². The normalized spacial score (nSPS) is 12.9. The van der Waals surface area contributed by atoms with Crippen LogP contribution in [0.3, 0.4) is 0 Å². The summed E-state index contributed by atoms with van der Waals surface area (Å²) in [4.78, 5) is 1.10. The summed E-state index contributed by atoms with van der Waals surface area (Å²) < 4.78 is 1.88. The lowest BCUT2D eigenvalue weighted by Gasteiger charge is -2.17. The van der Waals surface area contributed by atoms with E-state index >= 15 is 0 Å². The Kier molecular flexibility index (Phi) is 5.38. The largest absolute Gasteiger partial charge is 0.322 e. The molecule has 0 radical (unpaired) electrons. The molecule has 0 saturated heterocycles. The summed E-state index contributed by atoms with van der Waals surface area (Å²) in [6.45, 7) is 4.12. The highest BCUT2D eigenvalue weighted by Gasteiger charge is 2.18. The molecule has 2 aromatic rings. The van der Waals surface area contributed by atoms with Gasteiger partial charge in [0.25, 0.3) is 0 Å². The van der Waals surface area contributed by atoms with Crippen molar-refractivity contribution in [2.45, 2.75) is 30.8 Å². The van der Waals surface area contributed by atoms with E-state index in [0.29, 0.717) is 5.02 Å². The average Bonchev–Trinajstić information content (AvgIpc) is 2.78. The van der Waals surface area contributed by atoms with E-state index in [4.69, 9.17) is 28.9 Å². The molecule has 0 spiro atoms. The topological polar surface area (TPSA) is 43.8 Å². The van der Waals surface area contributed by atoms with Gasteiger partial charge in [0.15, 0.2) is 0 Å². The Morgan fingerprint density at radius 2 is 2.10 bits per heavy atom. The third kappa shape index (κ3) is 3.70. The van der Waals surface area contributed by atoms with Gasteiger partial charge in [-0.05, 0) is 32.0 Å². The first-order chi connectivity index (χ1) is 9.49. The molecule has 0 aliphatic heterocycles. The Hall–Kier alpha value is -0.680. The summed E-state index contributed by atoms with van der Waals surface area (Å²) in [6, 6.07) is 7.80. The third-order valence-electron chi connectivity index (χ3n) is 2.85. The minimum absolute atomic E-state index is 0.170. The second-order valence-electron chi connectivity index (χ2n) is 4.79. The zero-order valence-electron chi connectivity index (χ0n) is 11.4. The quantitative estimate of drug-likeness (QED) is 0.817. The van der Waals surface area contributed by atoms with Gasteiger partial charge in [-0.25, -0.2) is 0 Å². The fraction of sp³-hybridized carbons (Fsp3) is 0.357. The molecule has 2 N–H and O–H groups in total. The Labute approximate surface area is 133 Å². The van der Waals surface area contributed by atoms with Crippen LogP contribution in [0.5, 0.6) is 0 Å². The second-order valence-corrected chi connectivity index (χ2v) is 6.73. The van der Waals surface area contributed by atoms with Gasteiger partial charge in [0.05, 0.1) is 23.0 Å². The van der Waals surface area contributed by atoms with Gasteiger partial charge in [-0.1, -0.05) is 29.3 Å². The zero-order valence-corrected chi connectivity index (χ0v) is 13.7. The fourth-order valence-electron chi connectivity index (χ4n) is 1.93. The van der Waals surface area contributed by atoms with E-state index < -0.39 is 0 Å². The van der Waals surface area contributed by atoms with Crippen molar-refractivity contribution in [3.63, 3.8) is 0 Å². The van der Waals surface area contributed by atoms with E-state index in [1.54, 1.807) is 18.0 Å². The molecule has 0 saturated carbocycles. The van der Waals surface area contributed by atoms with Gasteiger partial charge in [-0.3, -0.25) is 4.68 Å². The lowest BCUT2D eigenvalue weighted by molar-refractivity contribution is 0.495. The molecular formula is C14H17Cl2N3S. The molecule has 1 unspecified atom stereocenters. The summed E-state index contributed by atoms with van der Waals surface area (Å²) in [5.74, 6) is 0.721. The van der Waals surface area contributed by atoms with Crippen LogP contribution in [0.25, 0.3) is 0 Å². The highest BCUT2D eigenvalue weighted by atomic mass is 35.5. The van der Waals surface area contributed by atoms with Crippen molar-refractivity contribution < 1.29 is 0 Å². The number of rotatable bonds is 5. The SMILES string of the molecule is CC(C)n1ncc(Cl)c1C(N)CSc1cccc(Cl)c1. The van der Waals surface area contributed by atoms with Crippen molar-refractivity contribution in [3.05, 3.63) is 46.2 Å². The lowest BCUT2D eigenvalue weighted by atomic mass is 10.2. The first kappa shape index (κ1) is 15.7. The predicted molar refractivity (Wildman–Crippen MR) is 86.7 cm³/mol.